The van der Waals surface area contributed by atoms with Gasteiger partial charge in [-0.05, 0) is 31.5 Å². The minimum absolute atomic E-state index is 0. The summed E-state index contributed by atoms with van der Waals surface area (Å²) in [7, 11) is 2.61. The van der Waals surface area contributed by atoms with Gasteiger partial charge in [-0.25, -0.2) is 0 Å². The Bertz CT molecular complexity index is 626. The molecule has 1 aromatic carbocycles. The molecule has 6 nitrogen and oxygen atoms in total. The first-order chi connectivity index (χ1) is 12.1. The number of amides is 1. The first-order valence-corrected chi connectivity index (χ1v) is 8.09. The van der Waals surface area contributed by atoms with Gasteiger partial charge < -0.3 is 20.3 Å². The molecule has 1 atom stereocenters. The number of likely N-dealkylation sites (N-methyl/N-ethyl adjacent to an activating group) is 1. The van der Waals surface area contributed by atoms with Crippen LogP contribution in [0.25, 0.3) is 0 Å². The number of nitrogens with zero attached hydrogens (tertiary/aromatic N) is 2. The van der Waals surface area contributed by atoms with Crippen molar-refractivity contribution in [2.75, 3.05) is 33.7 Å². The Morgan fingerprint density at radius 1 is 1.33 bits per heavy atom. The number of rotatable bonds is 7. The summed E-state index contributed by atoms with van der Waals surface area (Å²) >= 11 is 0. The van der Waals surface area contributed by atoms with Gasteiger partial charge in [-0.2, -0.15) is 13.2 Å². The van der Waals surface area contributed by atoms with Crippen LogP contribution in [-0.4, -0.2) is 62.8 Å². The maximum atomic E-state index is 12.3. The summed E-state index contributed by atoms with van der Waals surface area (Å²) in [5.74, 6) is 0.360. The Labute approximate surface area is 174 Å². The molecule has 0 fully saturated rings. The van der Waals surface area contributed by atoms with Gasteiger partial charge in [0.15, 0.2) is 5.96 Å². The molecule has 0 bridgehead atoms. The molecule has 27 heavy (non-hydrogen) atoms. The Morgan fingerprint density at radius 2 is 2.00 bits per heavy atom. The van der Waals surface area contributed by atoms with Crippen molar-refractivity contribution in [3.05, 3.63) is 29.8 Å². The Balaban J connectivity index is 0.00000676. The van der Waals surface area contributed by atoms with Crippen LogP contribution in [0.4, 0.5) is 13.2 Å². The Hall–Kier alpha value is -1.72. The van der Waals surface area contributed by atoms with Crippen molar-refractivity contribution in [3.8, 4) is 5.75 Å². The number of nitrogens with one attached hydrogen (secondary N) is 2. The van der Waals surface area contributed by atoms with Crippen LogP contribution in [0.1, 0.15) is 12.5 Å². The van der Waals surface area contributed by atoms with E-state index in [1.165, 1.54) is 7.05 Å². The first-order valence-electron chi connectivity index (χ1n) is 8.09. The van der Waals surface area contributed by atoms with Gasteiger partial charge in [0, 0.05) is 14.1 Å². The molecule has 0 radical (unpaired) electrons. The fourth-order valence-electron chi connectivity index (χ4n) is 2.08. The lowest BCUT2D eigenvalue weighted by atomic mass is 10.2. The monoisotopic (exact) mass is 502 g/mol. The zero-order chi connectivity index (χ0) is 19.7. The van der Waals surface area contributed by atoms with Gasteiger partial charge in [-0.3, -0.25) is 9.79 Å². The number of ether oxygens (including phenoxy) is 1. The predicted octanol–water partition coefficient (Wildman–Crippen LogP) is 2.57. The number of hydrogen-bond donors (Lipinski definition) is 2. The fourth-order valence-corrected chi connectivity index (χ4v) is 2.08. The molecule has 154 valence electrons. The van der Waals surface area contributed by atoms with Crippen LogP contribution in [0.15, 0.2) is 29.3 Å². The van der Waals surface area contributed by atoms with Crippen LogP contribution in [0.5, 0.6) is 5.75 Å². The molecule has 0 aliphatic rings. The van der Waals surface area contributed by atoms with Crippen LogP contribution in [0.3, 0.4) is 0 Å². The van der Waals surface area contributed by atoms with E-state index in [1.807, 2.05) is 38.1 Å². The molecule has 0 aliphatic heterocycles. The number of carbonyl (C=O) groups is 1. The number of aryl methyl sites for hydroxylation is 1. The molecule has 10 heteroatoms. The second kappa shape index (κ2) is 11.9. The van der Waals surface area contributed by atoms with Gasteiger partial charge in [0.25, 0.3) is 0 Å². The normalized spacial score (nSPS) is 12.6. The fraction of sp³-hybridized carbons (Fsp3) is 0.529. The number of aliphatic imine (C=N–C) groups is 1. The summed E-state index contributed by atoms with van der Waals surface area (Å²) in [6, 6.07) is 7.63. The Kier molecular flexibility index (Phi) is 11.1. The van der Waals surface area contributed by atoms with E-state index in [1.54, 1.807) is 0 Å². The molecule has 1 unspecified atom stereocenters. The third-order valence-corrected chi connectivity index (χ3v) is 3.36. The standard InChI is InChI=1S/C17H25F3N4O2.HI/c1-12-6-5-7-14(8-12)26-13(2)9-22-16(21-3)23-10-15(25)24(4)11-17(18,19)20;/h5-8,13H,9-11H2,1-4H3,(H2,21,22,23);1H. The van der Waals surface area contributed by atoms with Crippen LogP contribution in [0.2, 0.25) is 0 Å². The van der Waals surface area contributed by atoms with E-state index in [0.717, 1.165) is 18.4 Å². The van der Waals surface area contributed by atoms with Gasteiger partial charge in [-0.1, -0.05) is 12.1 Å². The molecule has 1 amide bonds. The maximum Gasteiger partial charge on any atom is 0.406 e. The van der Waals surface area contributed by atoms with Gasteiger partial charge in [0.1, 0.15) is 18.4 Å². The van der Waals surface area contributed by atoms with Gasteiger partial charge in [0.05, 0.1) is 13.1 Å². The lowest BCUT2D eigenvalue weighted by Crippen LogP contribution is -2.47. The first kappa shape index (κ1) is 25.3. The lowest BCUT2D eigenvalue weighted by Gasteiger charge is -2.21. The Morgan fingerprint density at radius 3 is 2.56 bits per heavy atom. The molecule has 0 saturated heterocycles. The molecule has 0 spiro atoms. The topological polar surface area (TPSA) is 66.0 Å². The largest absolute Gasteiger partial charge is 0.489 e. The third-order valence-electron chi connectivity index (χ3n) is 3.36. The van der Waals surface area contributed by atoms with Crippen molar-refractivity contribution in [2.24, 2.45) is 4.99 Å². The summed E-state index contributed by atoms with van der Waals surface area (Å²) in [5.41, 5.74) is 1.08. The van der Waals surface area contributed by atoms with Gasteiger partial charge in [-0.15, -0.1) is 24.0 Å². The van der Waals surface area contributed by atoms with Crippen LogP contribution in [-0.2, 0) is 4.79 Å². The molecule has 2 N–H and O–H groups in total. The number of alkyl halides is 3. The summed E-state index contributed by atoms with van der Waals surface area (Å²) in [5, 5.41) is 5.66. The molecule has 1 aromatic rings. The van der Waals surface area contributed by atoms with E-state index >= 15 is 0 Å². The van der Waals surface area contributed by atoms with E-state index < -0.39 is 18.6 Å². The zero-order valence-electron chi connectivity index (χ0n) is 15.8. The molecule has 0 saturated carbocycles. The highest BCUT2D eigenvalue weighted by atomic mass is 127. The average Bonchev–Trinajstić information content (AvgIpc) is 2.53. The van der Waals surface area contributed by atoms with Crippen LogP contribution in [0, 0.1) is 6.92 Å². The molecule has 0 aliphatic carbocycles. The van der Waals surface area contributed by atoms with E-state index in [-0.39, 0.29) is 36.6 Å². The minimum atomic E-state index is -4.42. The number of benzene rings is 1. The highest BCUT2D eigenvalue weighted by Gasteiger charge is 2.31. The van der Waals surface area contributed by atoms with Crippen molar-refractivity contribution in [2.45, 2.75) is 26.1 Å². The predicted molar refractivity (Wildman–Crippen MR) is 110 cm³/mol. The number of guanidine groups is 1. The van der Waals surface area contributed by atoms with E-state index in [4.69, 9.17) is 4.74 Å². The molecule has 1 rings (SSSR count). The summed E-state index contributed by atoms with van der Waals surface area (Å²) < 4.78 is 42.6. The number of carbonyl (C=O) groups excluding carboxylic acids is 1. The highest BCUT2D eigenvalue weighted by molar-refractivity contribution is 14.0. The van der Waals surface area contributed by atoms with E-state index in [0.29, 0.717) is 17.4 Å². The SMILES string of the molecule is CN=C(NCC(=O)N(C)CC(F)(F)F)NCC(C)Oc1cccc(C)c1.I. The molecular formula is C17H26F3IN4O2. The van der Waals surface area contributed by atoms with Crippen LogP contribution < -0.4 is 15.4 Å². The molecule has 0 aromatic heterocycles. The summed E-state index contributed by atoms with van der Waals surface area (Å²) in [4.78, 5) is 16.3. The van der Waals surface area contributed by atoms with Crippen molar-refractivity contribution >= 4 is 35.8 Å². The summed E-state index contributed by atoms with van der Waals surface area (Å²) in [6.45, 7) is 2.65. The lowest BCUT2D eigenvalue weighted by molar-refractivity contribution is -0.157. The zero-order valence-corrected chi connectivity index (χ0v) is 18.1. The smallest absolute Gasteiger partial charge is 0.406 e. The second-order valence-electron chi connectivity index (χ2n) is 5.92. The van der Waals surface area contributed by atoms with Crippen molar-refractivity contribution in [1.29, 1.82) is 0 Å². The molecular weight excluding hydrogens is 476 g/mol. The third kappa shape index (κ3) is 10.9. The van der Waals surface area contributed by atoms with Gasteiger partial charge >= 0.3 is 6.18 Å². The molecule has 0 heterocycles. The maximum absolute atomic E-state index is 12.3. The van der Waals surface area contributed by atoms with Crippen molar-refractivity contribution in [1.82, 2.24) is 15.5 Å². The van der Waals surface area contributed by atoms with E-state index in [9.17, 15) is 18.0 Å². The quantitative estimate of drug-likeness (QED) is 0.342. The average molecular weight is 502 g/mol. The van der Waals surface area contributed by atoms with Crippen molar-refractivity contribution in [3.63, 3.8) is 0 Å². The number of halogens is 4. The second-order valence-corrected chi connectivity index (χ2v) is 5.92. The van der Waals surface area contributed by atoms with Crippen molar-refractivity contribution < 1.29 is 22.7 Å². The van der Waals surface area contributed by atoms with E-state index in [2.05, 4.69) is 15.6 Å². The number of hydrogen-bond acceptors (Lipinski definition) is 3. The summed E-state index contributed by atoms with van der Waals surface area (Å²) in [6.07, 6.45) is -4.61. The minimum Gasteiger partial charge on any atom is -0.489 e. The highest BCUT2D eigenvalue weighted by Crippen LogP contribution is 2.15. The van der Waals surface area contributed by atoms with Gasteiger partial charge in [0.2, 0.25) is 5.91 Å². The van der Waals surface area contributed by atoms with Crippen LogP contribution >= 0.6 is 24.0 Å².